The molecule has 0 saturated heterocycles. The molecule has 0 radical (unpaired) electrons. The Morgan fingerprint density at radius 3 is 3.00 bits per heavy atom. The summed E-state index contributed by atoms with van der Waals surface area (Å²) in [5, 5.41) is 0. The Kier molecular flexibility index (Phi) is 3.97. The van der Waals surface area contributed by atoms with Crippen LogP contribution in [0.4, 0.5) is 5.69 Å². The molecule has 0 saturated carbocycles. The van der Waals surface area contributed by atoms with Crippen molar-refractivity contribution in [3.63, 3.8) is 0 Å². The molecule has 2 heterocycles. The third-order valence-corrected chi connectivity index (χ3v) is 2.49. The van der Waals surface area contributed by atoms with E-state index in [1.807, 2.05) is 12.1 Å². The number of nitrogens with one attached hydrogen (secondary N) is 1. The van der Waals surface area contributed by atoms with Gasteiger partial charge in [0.25, 0.3) is 5.56 Å². The fraction of sp³-hybridized carbons (Fsp3) is 0.143. The highest BCUT2D eigenvalue weighted by atomic mass is 16.1. The summed E-state index contributed by atoms with van der Waals surface area (Å²) in [7, 11) is 0. The van der Waals surface area contributed by atoms with E-state index in [9.17, 15) is 9.59 Å². The summed E-state index contributed by atoms with van der Waals surface area (Å²) in [6.45, 7) is 1.47. The van der Waals surface area contributed by atoms with E-state index < -0.39 is 0 Å². The zero-order chi connectivity index (χ0) is 13.7. The largest absolute Gasteiger partial charge is 0.327 e. The summed E-state index contributed by atoms with van der Waals surface area (Å²) in [5.41, 5.74) is 1.71. The molecular weight excluding hydrogens is 242 g/mol. The number of pyridine rings is 2. The molecule has 0 unspecified atom stereocenters. The number of aromatic amines is 1. The van der Waals surface area contributed by atoms with Gasteiger partial charge in [-0.2, -0.15) is 0 Å². The molecule has 2 aromatic heterocycles. The number of aliphatic imine (C=N–C) groups is 1. The highest BCUT2D eigenvalue weighted by Gasteiger charge is 2.02. The molecule has 0 aliphatic carbocycles. The van der Waals surface area contributed by atoms with E-state index in [0.29, 0.717) is 0 Å². The number of carbonyl (C=O) groups is 1. The van der Waals surface area contributed by atoms with Crippen molar-refractivity contribution in [2.45, 2.75) is 13.3 Å². The van der Waals surface area contributed by atoms with Crippen molar-refractivity contribution in [2.75, 3.05) is 0 Å². The first-order chi connectivity index (χ1) is 9.16. The Morgan fingerprint density at radius 2 is 2.32 bits per heavy atom. The first kappa shape index (κ1) is 12.9. The standard InChI is InChI=1S/C14H13N3O2/c1-10(18)4-6-16-13-7-12(9-17-14(13)19)11-3-2-5-15-8-11/h2-3,5-9H,4H2,1H3,(H,17,19). The number of carbonyl (C=O) groups excluding carboxylic acids is 1. The smallest absolute Gasteiger partial charge is 0.273 e. The number of Topliss-reactive ketones (excluding diaryl/α,β-unsaturated/α-hetero) is 1. The van der Waals surface area contributed by atoms with Crippen LogP contribution < -0.4 is 5.56 Å². The van der Waals surface area contributed by atoms with Gasteiger partial charge in [0.05, 0.1) is 0 Å². The molecule has 0 fully saturated rings. The first-order valence-electron chi connectivity index (χ1n) is 5.82. The Labute approximate surface area is 110 Å². The topological polar surface area (TPSA) is 75.2 Å². The van der Waals surface area contributed by atoms with Crippen molar-refractivity contribution >= 4 is 17.7 Å². The number of nitrogens with zero attached hydrogens (tertiary/aromatic N) is 2. The molecule has 5 nitrogen and oxygen atoms in total. The van der Waals surface area contributed by atoms with Crippen LogP contribution in [0.3, 0.4) is 0 Å². The SMILES string of the molecule is CC(=O)CC=Nc1cc(-c2cccnc2)c[nH]c1=O. The Morgan fingerprint density at radius 1 is 1.47 bits per heavy atom. The summed E-state index contributed by atoms with van der Waals surface area (Å²) in [6, 6.07) is 5.38. The molecule has 0 amide bonds. The molecular formula is C14H13N3O2. The minimum atomic E-state index is -0.285. The second-order valence-corrected chi connectivity index (χ2v) is 4.06. The average molecular weight is 255 g/mol. The molecule has 1 N–H and O–H groups in total. The normalized spacial score (nSPS) is 10.8. The van der Waals surface area contributed by atoms with Crippen molar-refractivity contribution in [1.29, 1.82) is 0 Å². The fourth-order valence-electron chi connectivity index (χ4n) is 1.54. The second-order valence-electron chi connectivity index (χ2n) is 4.06. The highest BCUT2D eigenvalue weighted by molar-refractivity contribution is 5.90. The Bertz CT molecular complexity index is 660. The quantitative estimate of drug-likeness (QED) is 0.850. The molecule has 0 aromatic carbocycles. The van der Waals surface area contributed by atoms with E-state index in [0.717, 1.165) is 11.1 Å². The van der Waals surface area contributed by atoms with E-state index in [4.69, 9.17) is 0 Å². The van der Waals surface area contributed by atoms with Crippen LogP contribution in [0.15, 0.2) is 46.6 Å². The van der Waals surface area contributed by atoms with Crippen molar-refractivity contribution in [3.05, 3.63) is 47.1 Å². The van der Waals surface area contributed by atoms with Gasteiger partial charge in [-0.15, -0.1) is 0 Å². The second kappa shape index (κ2) is 5.86. The van der Waals surface area contributed by atoms with Crippen LogP contribution in [0.5, 0.6) is 0 Å². The zero-order valence-corrected chi connectivity index (χ0v) is 10.5. The number of H-pyrrole nitrogens is 1. The summed E-state index contributed by atoms with van der Waals surface area (Å²) >= 11 is 0. The van der Waals surface area contributed by atoms with E-state index >= 15 is 0 Å². The predicted molar refractivity (Wildman–Crippen MR) is 73.7 cm³/mol. The molecule has 5 heteroatoms. The van der Waals surface area contributed by atoms with E-state index in [-0.39, 0.29) is 23.5 Å². The van der Waals surface area contributed by atoms with Crippen LogP contribution in [0.25, 0.3) is 11.1 Å². The Hall–Kier alpha value is -2.56. The van der Waals surface area contributed by atoms with Gasteiger partial charge in [-0.1, -0.05) is 6.07 Å². The van der Waals surface area contributed by atoms with Crippen LogP contribution in [0, 0.1) is 0 Å². The van der Waals surface area contributed by atoms with Gasteiger partial charge < -0.3 is 4.98 Å². The number of hydrogen-bond donors (Lipinski definition) is 1. The Balaban J connectivity index is 2.33. The van der Waals surface area contributed by atoms with E-state index in [1.165, 1.54) is 13.1 Å². The maximum absolute atomic E-state index is 11.6. The van der Waals surface area contributed by atoms with Crippen molar-refractivity contribution < 1.29 is 4.79 Å². The number of aromatic nitrogens is 2. The number of ketones is 1. The lowest BCUT2D eigenvalue weighted by molar-refractivity contribution is -0.115. The van der Waals surface area contributed by atoms with Gasteiger partial charge in [0.1, 0.15) is 11.5 Å². The minimum absolute atomic E-state index is 0.00333. The zero-order valence-electron chi connectivity index (χ0n) is 10.5. The number of hydrogen-bond acceptors (Lipinski definition) is 4. The molecule has 0 bridgehead atoms. The summed E-state index contributed by atoms with van der Waals surface area (Å²) in [6.07, 6.45) is 6.66. The average Bonchev–Trinajstić information content (AvgIpc) is 2.41. The van der Waals surface area contributed by atoms with Gasteiger partial charge in [0.15, 0.2) is 0 Å². The van der Waals surface area contributed by atoms with Gasteiger partial charge >= 0.3 is 0 Å². The molecule has 0 aliphatic heterocycles. The van der Waals surface area contributed by atoms with Gasteiger partial charge in [-0.3, -0.25) is 19.6 Å². The first-order valence-corrected chi connectivity index (χ1v) is 5.82. The van der Waals surface area contributed by atoms with Crippen LogP contribution in [-0.2, 0) is 4.79 Å². The van der Waals surface area contributed by atoms with Gasteiger partial charge in [0, 0.05) is 42.4 Å². The van der Waals surface area contributed by atoms with Crippen LogP contribution >= 0.6 is 0 Å². The lowest BCUT2D eigenvalue weighted by Gasteiger charge is -2.01. The maximum atomic E-state index is 11.6. The molecule has 0 spiro atoms. The van der Waals surface area contributed by atoms with Gasteiger partial charge in [-0.05, 0) is 19.1 Å². The lowest BCUT2D eigenvalue weighted by atomic mass is 10.1. The summed E-state index contributed by atoms with van der Waals surface area (Å²) in [4.78, 5) is 33.1. The fourth-order valence-corrected chi connectivity index (χ4v) is 1.54. The van der Waals surface area contributed by atoms with E-state index in [2.05, 4.69) is 15.0 Å². The van der Waals surface area contributed by atoms with Crippen molar-refractivity contribution in [1.82, 2.24) is 9.97 Å². The van der Waals surface area contributed by atoms with Gasteiger partial charge in [0.2, 0.25) is 0 Å². The van der Waals surface area contributed by atoms with Crippen molar-refractivity contribution in [2.24, 2.45) is 4.99 Å². The summed E-state index contributed by atoms with van der Waals surface area (Å²) in [5.74, 6) is 0.00333. The van der Waals surface area contributed by atoms with Crippen molar-refractivity contribution in [3.8, 4) is 11.1 Å². The highest BCUT2D eigenvalue weighted by Crippen LogP contribution is 2.19. The molecule has 2 aromatic rings. The maximum Gasteiger partial charge on any atom is 0.273 e. The third kappa shape index (κ3) is 3.45. The van der Waals surface area contributed by atoms with Crippen LogP contribution in [0.2, 0.25) is 0 Å². The molecule has 0 aliphatic rings. The van der Waals surface area contributed by atoms with Crippen LogP contribution in [0.1, 0.15) is 13.3 Å². The third-order valence-electron chi connectivity index (χ3n) is 2.49. The lowest BCUT2D eigenvalue weighted by Crippen LogP contribution is -2.04. The predicted octanol–water partition coefficient (Wildman–Crippen LogP) is 2.12. The molecule has 0 atom stereocenters. The summed E-state index contributed by atoms with van der Waals surface area (Å²) < 4.78 is 0. The minimum Gasteiger partial charge on any atom is -0.327 e. The molecule has 2 rings (SSSR count). The molecule has 96 valence electrons. The molecule has 19 heavy (non-hydrogen) atoms. The monoisotopic (exact) mass is 255 g/mol. The van der Waals surface area contributed by atoms with E-state index in [1.54, 1.807) is 24.7 Å². The number of rotatable bonds is 4. The van der Waals surface area contributed by atoms with Gasteiger partial charge in [-0.25, -0.2) is 0 Å². The van der Waals surface area contributed by atoms with Crippen LogP contribution in [-0.4, -0.2) is 22.0 Å².